The Hall–Kier alpha value is 0.997. The summed E-state index contributed by atoms with van der Waals surface area (Å²) in [4.78, 5) is 0. The maximum atomic E-state index is 5.45. The van der Waals surface area contributed by atoms with Crippen molar-refractivity contribution in [1.82, 2.24) is 0 Å². The normalized spacial score (nSPS) is 36.6. The zero-order valence-electron chi connectivity index (χ0n) is 8.36. The van der Waals surface area contributed by atoms with Gasteiger partial charge in [0.05, 0.1) is 13.2 Å². The van der Waals surface area contributed by atoms with Crippen LogP contribution in [-0.2, 0) is 14.2 Å². The molecule has 0 spiro atoms. The summed E-state index contributed by atoms with van der Waals surface area (Å²) in [5, 5.41) is 0. The van der Waals surface area contributed by atoms with E-state index >= 15 is 0 Å². The fourth-order valence-corrected chi connectivity index (χ4v) is 1.41. The van der Waals surface area contributed by atoms with Gasteiger partial charge in [-0.05, 0) is 0 Å². The molecular formula is C10H15CeO3. The molecule has 3 nitrogen and oxygen atoms in total. The molecule has 4 heteroatoms. The van der Waals surface area contributed by atoms with Gasteiger partial charge in [0.1, 0.15) is 0 Å². The zero-order chi connectivity index (χ0) is 8.60. The van der Waals surface area contributed by atoms with Gasteiger partial charge in [-0.3, -0.25) is 0 Å². The van der Waals surface area contributed by atoms with Crippen LogP contribution in [0.25, 0.3) is 0 Å². The van der Waals surface area contributed by atoms with Crippen LogP contribution in [0.4, 0.5) is 0 Å². The molecule has 14 heavy (non-hydrogen) atoms. The van der Waals surface area contributed by atoms with Gasteiger partial charge in [-0.1, -0.05) is 18.3 Å². The van der Waals surface area contributed by atoms with Gasteiger partial charge in [-0.15, -0.1) is 0 Å². The Balaban J connectivity index is 0.000000845. The molecule has 0 amide bonds. The van der Waals surface area contributed by atoms with Crippen LogP contribution in [0.3, 0.4) is 0 Å². The van der Waals surface area contributed by atoms with Crippen molar-refractivity contribution in [2.45, 2.75) is 18.0 Å². The second-order valence-electron chi connectivity index (χ2n) is 3.04. The van der Waals surface area contributed by atoms with Crippen molar-refractivity contribution < 1.29 is 56.0 Å². The largest absolute Gasteiger partial charge is 3.00 e. The SMILES string of the molecule is [CH2-]C1C=CC([CH2-])(C2OCCO2)O1.[CH3-].[Ce+3]. The Morgan fingerprint density at radius 1 is 1.29 bits per heavy atom. The monoisotopic (exact) mass is 323 g/mol. The molecule has 0 N–H and O–H groups in total. The predicted molar refractivity (Wildman–Crippen MR) is 49.6 cm³/mol. The van der Waals surface area contributed by atoms with Crippen LogP contribution in [0.2, 0.25) is 0 Å². The average molecular weight is 323 g/mol. The summed E-state index contributed by atoms with van der Waals surface area (Å²) in [6, 6.07) is 0. The summed E-state index contributed by atoms with van der Waals surface area (Å²) in [7, 11) is 0. The minimum absolute atomic E-state index is 0. The van der Waals surface area contributed by atoms with E-state index in [0.29, 0.717) is 13.2 Å². The quantitative estimate of drug-likeness (QED) is 0.536. The average Bonchev–Trinajstić information content (AvgIpc) is 2.59. The summed E-state index contributed by atoms with van der Waals surface area (Å²) < 4.78 is 16.0. The van der Waals surface area contributed by atoms with E-state index in [2.05, 4.69) is 13.8 Å². The summed E-state index contributed by atoms with van der Waals surface area (Å²) in [6.07, 6.45) is 3.19. The Labute approximate surface area is 120 Å². The third-order valence-corrected chi connectivity index (χ3v) is 1.98. The van der Waals surface area contributed by atoms with Crippen LogP contribution >= 0.6 is 0 Å². The number of hydrogen-bond acceptors (Lipinski definition) is 3. The van der Waals surface area contributed by atoms with Gasteiger partial charge < -0.3 is 35.5 Å². The van der Waals surface area contributed by atoms with E-state index in [4.69, 9.17) is 14.2 Å². The van der Waals surface area contributed by atoms with Gasteiger partial charge in [0.15, 0.2) is 6.29 Å². The number of hydrogen-bond donors (Lipinski definition) is 0. The fraction of sp³-hybridized carbons (Fsp3) is 0.500. The second kappa shape index (κ2) is 5.91. The molecule has 0 aromatic carbocycles. The van der Waals surface area contributed by atoms with E-state index < -0.39 is 5.60 Å². The fourth-order valence-electron chi connectivity index (χ4n) is 1.41. The van der Waals surface area contributed by atoms with Crippen molar-refractivity contribution in [2.24, 2.45) is 0 Å². The third-order valence-electron chi connectivity index (χ3n) is 1.98. The molecule has 2 rings (SSSR count). The van der Waals surface area contributed by atoms with Crippen molar-refractivity contribution >= 4 is 0 Å². The number of ether oxygens (including phenoxy) is 3. The van der Waals surface area contributed by atoms with Gasteiger partial charge >= 0.3 is 41.7 Å². The maximum absolute atomic E-state index is 5.45. The third kappa shape index (κ3) is 2.99. The van der Waals surface area contributed by atoms with Crippen molar-refractivity contribution in [1.29, 1.82) is 0 Å². The van der Waals surface area contributed by atoms with E-state index in [1.54, 1.807) is 0 Å². The molecule has 1 radical (unpaired) electrons. The molecule has 2 heterocycles. The first-order valence-electron chi connectivity index (χ1n) is 3.99. The van der Waals surface area contributed by atoms with Crippen molar-refractivity contribution in [2.75, 3.05) is 13.2 Å². The predicted octanol–water partition coefficient (Wildman–Crippen LogP) is 1.17. The molecular weight excluding hydrogens is 308 g/mol. The molecule has 0 saturated carbocycles. The standard InChI is InChI=1S/C9H12O3.CH3.Ce/c1-7-3-4-9(2,12-7)8-10-5-6-11-8;;/h3-4,7-8H,1-2,5-6H2;1H3;/q-2;-1;+3. The maximum Gasteiger partial charge on any atom is 3.00 e. The molecule has 0 aromatic rings. The molecule has 2 aliphatic rings. The summed E-state index contributed by atoms with van der Waals surface area (Å²) in [5.74, 6) is 0. The van der Waals surface area contributed by atoms with Crippen LogP contribution in [-0.4, -0.2) is 31.2 Å². The molecule has 2 atom stereocenters. The smallest absolute Gasteiger partial charge is 0.423 e. The Morgan fingerprint density at radius 3 is 2.29 bits per heavy atom. The van der Waals surface area contributed by atoms with Gasteiger partial charge in [0, 0.05) is 5.60 Å². The van der Waals surface area contributed by atoms with Crippen LogP contribution < -0.4 is 0 Å². The first-order chi connectivity index (χ1) is 5.71. The van der Waals surface area contributed by atoms with Crippen molar-refractivity contribution in [3.8, 4) is 0 Å². The molecule has 0 aliphatic carbocycles. The molecule has 2 unspecified atom stereocenters. The summed E-state index contributed by atoms with van der Waals surface area (Å²) >= 11 is 0. The summed E-state index contributed by atoms with van der Waals surface area (Å²) in [5.41, 5.74) is -0.692. The van der Waals surface area contributed by atoms with E-state index in [9.17, 15) is 0 Å². The first-order valence-corrected chi connectivity index (χ1v) is 3.99. The molecule has 77 valence electrons. The van der Waals surface area contributed by atoms with Crippen LogP contribution in [0.1, 0.15) is 0 Å². The van der Waals surface area contributed by atoms with Gasteiger partial charge in [0.2, 0.25) is 0 Å². The minimum atomic E-state index is -0.692. The van der Waals surface area contributed by atoms with Gasteiger partial charge in [-0.25, -0.2) is 0 Å². The van der Waals surface area contributed by atoms with Gasteiger partial charge in [-0.2, -0.15) is 0 Å². The van der Waals surface area contributed by atoms with Crippen molar-refractivity contribution in [3.63, 3.8) is 0 Å². The molecule has 1 saturated heterocycles. The summed E-state index contributed by atoms with van der Waals surface area (Å²) in [6.45, 7) is 8.87. The Morgan fingerprint density at radius 2 is 1.86 bits per heavy atom. The second-order valence-corrected chi connectivity index (χ2v) is 3.04. The van der Waals surface area contributed by atoms with Gasteiger partial charge in [0.25, 0.3) is 0 Å². The Kier molecular flexibility index (Phi) is 6.33. The van der Waals surface area contributed by atoms with E-state index in [0.717, 1.165) is 0 Å². The molecule has 0 bridgehead atoms. The zero-order valence-corrected chi connectivity index (χ0v) is 11.5. The first kappa shape index (κ1) is 15.0. The van der Waals surface area contributed by atoms with E-state index in [-0.39, 0.29) is 61.6 Å². The minimum Gasteiger partial charge on any atom is -0.423 e. The van der Waals surface area contributed by atoms with Crippen LogP contribution in [0.15, 0.2) is 12.2 Å². The van der Waals surface area contributed by atoms with Crippen molar-refractivity contribution in [3.05, 3.63) is 33.4 Å². The van der Waals surface area contributed by atoms with Crippen LogP contribution in [0, 0.1) is 63.0 Å². The molecule has 2 aliphatic heterocycles. The topological polar surface area (TPSA) is 27.7 Å². The molecule has 0 aromatic heterocycles. The van der Waals surface area contributed by atoms with E-state index in [1.807, 2.05) is 12.2 Å². The Bertz CT molecular complexity index is 202. The van der Waals surface area contributed by atoms with Crippen LogP contribution in [0.5, 0.6) is 0 Å². The van der Waals surface area contributed by atoms with E-state index in [1.165, 1.54) is 0 Å². The molecule has 1 fully saturated rings. The number of rotatable bonds is 1.